The highest BCUT2D eigenvalue weighted by Crippen LogP contribution is 2.29. The van der Waals surface area contributed by atoms with Gasteiger partial charge in [-0.2, -0.15) is 0 Å². The molecule has 2 unspecified atom stereocenters. The molecular weight excluding hydrogens is 287 g/mol. The Hall–Kier alpha value is -0.710. The molecule has 1 fully saturated rings. The summed E-state index contributed by atoms with van der Waals surface area (Å²) in [6, 6.07) is 1.70. The van der Waals surface area contributed by atoms with Crippen molar-refractivity contribution >= 4 is 29.1 Å². The Morgan fingerprint density at radius 1 is 1.58 bits per heavy atom. The van der Waals surface area contributed by atoms with Crippen molar-refractivity contribution in [1.29, 1.82) is 0 Å². The van der Waals surface area contributed by atoms with Crippen LogP contribution < -0.4 is 0 Å². The molecular formula is C13H18Cl2N2O2. The summed E-state index contributed by atoms with van der Waals surface area (Å²) in [6.07, 6.45) is 2.11. The quantitative estimate of drug-likeness (QED) is 0.933. The van der Waals surface area contributed by atoms with Crippen LogP contribution in [0.2, 0.25) is 10.2 Å². The molecule has 0 spiro atoms. The Kier molecular flexibility index (Phi) is 4.43. The third-order valence-corrected chi connectivity index (χ3v) is 4.43. The summed E-state index contributed by atoms with van der Waals surface area (Å²) >= 11 is 11.9. The molecule has 0 radical (unpaired) electrons. The molecule has 6 heteroatoms. The predicted molar refractivity (Wildman–Crippen MR) is 75.8 cm³/mol. The van der Waals surface area contributed by atoms with Gasteiger partial charge in [0.1, 0.15) is 10.8 Å². The maximum atomic E-state index is 12.5. The number of hydrogen-bond donors (Lipinski definition) is 1. The van der Waals surface area contributed by atoms with Crippen molar-refractivity contribution in [2.75, 3.05) is 6.54 Å². The first-order valence-electron chi connectivity index (χ1n) is 6.41. The van der Waals surface area contributed by atoms with E-state index in [0.717, 1.165) is 19.4 Å². The summed E-state index contributed by atoms with van der Waals surface area (Å²) in [7, 11) is 1.72. The molecule has 19 heavy (non-hydrogen) atoms. The van der Waals surface area contributed by atoms with E-state index in [2.05, 4.69) is 0 Å². The van der Waals surface area contributed by atoms with E-state index in [4.69, 9.17) is 23.2 Å². The summed E-state index contributed by atoms with van der Waals surface area (Å²) in [6.45, 7) is 2.47. The second-order valence-electron chi connectivity index (χ2n) is 5.11. The van der Waals surface area contributed by atoms with Crippen LogP contribution in [0.5, 0.6) is 0 Å². The lowest BCUT2D eigenvalue weighted by Crippen LogP contribution is -2.38. The zero-order valence-electron chi connectivity index (χ0n) is 11.1. The van der Waals surface area contributed by atoms with Gasteiger partial charge in [0.15, 0.2) is 0 Å². The van der Waals surface area contributed by atoms with E-state index in [1.165, 1.54) is 0 Å². The molecule has 1 aromatic heterocycles. The number of amides is 1. The smallest absolute Gasteiger partial charge is 0.270 e. The van der Waals surface area contributed by atoms with Crippen LogP contribution in [0.4, 0.5) is 0 Å². The number of carbonyl (C=O) groups is 1. The molecule has 106 valence electrons. The molecule has 1 aliphatic rings. The van der Waals surface area contributed by atoms with Crippen LogP contribution in [0.25, 0.3) is 0 Å². The van der Waals surface area contributed by atoms with E-state index in [0.29, 0.717) is 22.3 Å². The van der Waals surface area contributed by atoms with Gasteiger partial charge < -0.3 is 14.6 Å². The second kappa shape index (κ2) is 5.73. The standard InChI is InChI=1S/C13H18Cl2N2O2/c1-8(18)6-9-4-3-5-17(9)13(19)11-7-10(14)12(15)16(11)2/h7-9,18H,3-6H2,1-2H3. The Labute approximate surface area is 122 Å². The number of aliphatic hydroxyl groups is 1. The molecule has 1 aliphatic heterocycles. The fourth-order valence-electron chi connectivity index (χ4n) is 2.64. The van der Waals surface area contributed by atoms with Crippen LogP contribution in [0, 0.1) is 0 Å². The van der Waals surface area contributed by atoms with E-state index in [9.17, 15) is 9.90 Å². The summed E-state index contributed by atoms with van der Waals surface area (Å²) in [5, 5.41) is 10.3. The number of hydrogen-bond acceptors (Lipinski definition) is 2. The van der Waals surface area contributed by atoms with Gasteiger partial charge in [-0.15, -0.1) is 0 Å². The van der Waals surface area contributed by atoms with E-state index in [1.54, 1.807) is 24.6 Å². The lowest BCUT2D eigenvalue weighted by Gasteiger charge is -2.25. The molecule has 0 aliphatic carbocycles. The fraction of sp³-hybridized carbons (Fsp3) is 0.615. The summed E-state index contributed by atoms with van der Waals surface area (Å²) in [4.78, 5) is 14.3. The topological polar surface area (TPSA) is 45.5 Å². The number of aromatic nitrogens is 1. The average molecular weight is 305 g/mol. The van der Waals surface area contributed by atoms with Gasteiger partial charge in [-0.1, -0.05) is 23.2 Å². The number of halogens is 2. The minimum Gasteiger partial charge on any atom is -0.393 e. The van der Waals surface area contributed by atoms with Gasteiger partial charge >= 0.3 is 0 Å². The molecule has 0 bridgehead atoms. The third-order valence-electron chi connectivity index (χ3n) is 3.59. The number of carbonyl (C=O) groups excluding carboxylic acids is 1. The molecule has 0 saturated carbocycles. The van der Waals surface area contributed by atoms with Crippen LogP contribution in [-0.4, -0.2) is 39.2 Å². The van der Waals surface area contributed by atoms with Gasteiger partial charge in [-0.3, -0.25) is 4.79 Å². The SMILES string of the molecule is CC(O)CC1CCCN1C(=O)c1cc(Cl)c(Cl)n1C. The van der Waals surface area contributed by atoms with E-state index >= 15 is 0 Å². The van der Waals surface area contributed by atoms with Crippen LogP contribution in [0.3, 0.4) is 0 Å². The zero-order chi connectivity index (χ0) is 14.2. The molecule has 2 atom stereocenters. The molecule has 0 aromatic carbocycles. The number of nitrogens with zero attached hydrogens (tertiary/aromatic N) is 2. The monoisotopic (exact) mass is 304 g/mol. The second-order valence-corrected chi connectivity index (χ2v) is 5.87. The van der Waals surface area contributed by atoms with Crippen LogP contribution >= 0.6 is 23.2 Å². The molecule has 1 amide bonds. The van der Waals surface area contributed by atoms with Gasteiger partial charge in [0.05, 0.1) is 11.1 Å². The molecule has 2 heterocycles. The van der Waals surface area contributed by atoms with E-state index in [-0.39, 0.29) is 11.9 Å². The number of aliphatic hydroxyl groups excluding tert-OH is 1. The average Bonchev–Trinajstić information content (AvgIpc) is 2.88. The maximum Gasteiger partial charge on any atom is 0.270 e. The van der Waals surface area contributed by atoms with Crippen molar-refractivity contribution in [2.24, 2.45) is 7.05 Å². The van der Waals surface area contributed by atoms with Gasteiger partial charge in [0.2, 0.25) is 0 Å². The Morgan fingerprint density at radius 3 is 2.79 bits per heavy atom. The van der Waals surface area contributed by atoms with E-state index < -0.39 is 6.10 Å². The van der Waals surface area contributed by atoms with Crippen LogP contribution in [0.1, 0.15) is 36.7 Å². The van der Waals surface area contributed by atoms with Crippen molar-refractivity contribution in [3.05, 3.63) is 21.9 Å². The third kappa shape index (κ3) is 2.91. The Morgan fingerprint density at radius 2 is 2.26 bits per heavy atom. The summed E-state index contributed by atoms with van der Waals surface area (Å²) in [5.41, 5.74) is 0.493. The van der Waals surface area contributed by atoms with Crippen molar-refractivity contribution in [3.63, 3.8) is 0 Å². The molecule has 4 nitrogen and oxygen atoms in total. The van der Waals surface area contributed by atoms with Crippen LogP contribution in [0.15, 0.2) is 6.07 Å². The maximum absolute atomic E-state index is 12.5. The highest BCUT2D eigenvalue weighted by molar-refractivity contribution is 6.41. The molecule has 1 aromatic rings. The lowest BCUT2D eigenvalue weighted by molar-refractivity contribution is 0.0673. The van der Waals surface area contributed by atoms with Crippen LogP contribution in [-0.2, 0) is 7.05 Å². The molecule has 1 saturated heterocycles. The number of rotatable bonds is 3. The lowest BCUT2D eigenvalue weighted by atomic mass is 10.1. The van der Waals surface area contributed by atoms with Gasteiger partial charge in [0.25, 0.3) is 5.91 Å². The van der Waals surface area contributed by atoms with Gasteiger partial charge in [-0.25, -0.2) is 0 Å². The first kappa shape index (κ1) is 14.7. The number of likely N-dealkylation sites (tertiary alicyclic amines) is 1. The highest BCUT2D eigenvalue weighted by atomic mass is 35.5. The van der Waals surface area contributed by atoms with Crippen molar-refractivity contribution < 1.29 is 9.90 Å². The van der Waals surface area contributed by atoms with Crippen molar-refractivity contribution in [1.82, 2.24) is 9.47 Å². The summed E-state index contributed by atoms with van der Waals surface area (Å²) < 4.78 is 1.60. The normalized spacial score (nSPS) is 20.9. The first-order chi connectivity index (χ1) is 8.91. The summed E-state index contributed by atoms with van der Waals surface area (Å²) in [5.74, 6) is -0.0700. The van der Waals surface area contributed by atoms with E-state index in [1.807, 2.05) is 4.90 Å². The molecule has 2 rings (SSSR count). The van der Waals surface area contributed by atoms with Gasteiger partial charge in [0, 0.05) is 19.6 Å². The Balaban J connectivity index is 2.21. The largest absolute Gasteiger partial charge is 0.393 e. The van der Waals surface area contributed by atoms with Crippen molar-refractivity contribution in [2.45, 2.75) is 38.3 Å². The minimum absolute atomic E-state index is 0.0700. The van der Waals surface area contributed by atoms with Crippen molar-refractivity contribution in [3.8, 4) is 0 Å². The van der Waals surface area contributed by atoms with Gasteiger partial charge in [-0.05, 0) is 32.3 Å². The minimum atomic E-state index is -0.404. The molecule has 1 N–H and O–H groups in total. The predicted octanol–water partition coefficient (Wildman–Crippen LogP) is 2.71. The highest BCUT2D eigenvalue weighted by Gasteiger charge is 2.31. The fourth-order valence-corrected chi connectivity index (χ4v) is 3.01. The Bertz CT molecular complexity index is 485. The zero-order valence-corrected chi connectivity index (χ0v) is 12.6. The first-order valence-corrected chi connectivity index (χ1v) is 7.17.